The molecular weight excluding hydrogens is 388 g/mol. The fourth-order valence-electron chi connectivity index (χ4n) is 3.23. The third-order valence-corrected chi connectivity index (χ3v) is 5.78. The van der Waals surface area contributed by atoms with Crippen LogP contribution >= 0.6 is 11.3 Å². The Kier molecular flexibility index (Phi) is 5.06. The molecule has 2 heterocycles. The molecule has 2 aromatic carbocycles. The van der Waals surface area contributed by atoms with E-state index < -0.39 is 5.69 Å². The van der Waals surface area contributed by atoms with Gasteiger partial charge in [-0.15, -0.1) is 11.3 Å². The Labute approximate surface area is 170 Å². The van der Waals surface area contributed by atoms with Crippen LogP contribution in [0.15, 0.2) is 47.3 Å². The molecule has 4 rings (SSSR count). The van der Waals surface area contributed by atoms with E-state index in [-0.39, 0.29) is 0 Å². The number of nitrogens with one attached hydrogen (secondary N) is 1. The Bertz CT molecular complexity index is 1300. The molecule has 0 amide bonds. The molecule has 4 aromatic rings. The summed E-state index contributed by atoms with van der Waals surface area (Å²) < 4.78 is 13.0. The van der Waals surface area contributed by atoms with Crippen LogP contribution in [0.3, 0.4) is 0 Å². The number of benzene rings is 2. The lowest BCUT2D eigenvalue weighted by atomic mass is 10.1. The van der Waals surface area contributed by atoms with Gasteiger partial charge in [-0.05, 0) is 36.2 Å². The summed E-state index contributed by atoms with van der Waals surface area (Å²) in [5.74, 6) is 1.64. The Morgan fingerprint density at radius 1 is 1.17 bits per heavy atom. The molecule has 29 heavy (non-hydrogen) atoms. The molecule has 146 valence electrons. The molecule has 0 saturated carbocycles. The van der Waals surface area contributed by atoms with Crippen molar-refractivity contribution in [2.45, 2.75) is 6.42 Å². The zero-order valence-corrected chi connectivity index (χ0v) is 16.7. The number of hydrogen-bond donors (Lipinski definition) is 1. The van der Waals surface area contributed by atoms with Crippen molar-refractivity contribution < 1.29 is 9.47 Å². The number of hydrogen-bond acceptors (Lipinski definition) is 7. The van der Waals surface area contributed by atoms with Crippen molar-refractivity contribution in [3.05, 3.63) is 64.1 Å². The second kappa shape index (κ2) is 7.81. The highest BCUT2D eigenvalue weighted by molar-refractivity contribution is 7.24. The third kappa shape index (κ3) is 3.37. The van der Waals surface area contributed by atoms with Gasteiger partial charge in [0.25, 0.3) is 0 Å². The van der Waals surface area contributed by atoms with Crippen molar-refractivity contribution in [2.75, 3.05) is 26.1 Å². The van der Waals surface area contributed by atoms with Crippen LogP contribution < -0.4 is 20.5 Å². The van der Waals surface area contributed by atoms with E-state index in [1.54, 1.807) is 14.2 Å². The van der Waals surface area contributed by atoms with Crippen molar-refractivity contribution in [1.82, 2.24) is 9.38 Å². The number of anilines is 1. The van der Waals surface area contributed by atoms with Gasteiger partial charge in [-0.25, -0.2) is 9.20 Å². The van der Waals surface area contributed by atoms with Gasteiger partial charge in [0.2, 0.25) is 0 Å². The van der Waals surface area contributed by atoms with Crippen LogP contribution in [-0.2, 0) is 6.42 Å². The van der Waals surface area contributed by atoms with Crippen LogP contribution in [0.4, 0.5) is 5.82 Å². The Hall–Kier alpha value is -3.57. The maximum Gasteiger partial charge on any atom is 0.355 e. The molecule has 0 aliphatic heterocycles. The van der Waals surface area contributed by atoms with E-state index in [1.165, 1.54) is 15.7 Å². The van der Waals surface area contributed by atoms with E-state index in [0.717, 1.165) is 15.8 Å². The molecule has 0 fully saturated rings. The van der Waals surface area contributed by atoms with Gasteiger partial charge in [0.05, 0.1) is 24.4 Å². The van der Waals surface area contributed by atoms with Gasteiger partial charge in [-0.3, -0.25) is 0 Å². The van der Waals surface area contributed by atoms with Gasteiger partial charge in [0, 0.05) is 6.54 Å². The molecule has 0 aliphatic rings. The van der Waals surface area contributed by atoms with Crippen LogP contribution in [0.5, 0.6) is 11.5 Å². The average molecular weight is 406 g/mol. The Morgan fingerprint density at radius 2 is 1.97 bits per heavy atom. The molecule has 0 bridgehead atoms. The number of thiazole rings is 1. The van der Waals surface area contributed by atoms with Gasteiger partial charge in [0.15, 0.2) is 17.3 Å². The highest BCUT2D eigenvalue weighted by Crippen LogP contribution is 2.30. The number of aromatic nitrogens is 2. The second-order valence-corrected chi connectivity index (χ2v) is 7.34. The smallest absolute Gasteiger partial charge is 0.355 e. The van der Waals surface area contributed by atoms with Crippen molar-refractivity contribution >= 4 is 32.2 Å². The molecule has 0 aliphatic carbocycles. The number of fused-ring (bicyclic) bond motifs is 3. The van der Waals surface area contributed by atoms with E-state index in [1.807, 2.05) is 42.5 Å². The standard InChI is InChI=1S/C21H18N4O3S/c1-27-16-8-7-13(11-17(16)28-2)9-10-23-19-14(12-22)20-25(21(26)24-19)15-5-3-4-6-18(15)29-20/h3-8,11H,9-10H2,1-2H3,(H,23,24,26). The summed E-state index contributed by atoms with van der Waals surface area (Å²) in [6.45, 7) is 0.512. The summed E-state index contributed by atoms with van der Waals surface area (Å²) in [7, 11) is 3.19. The normalized spacial score (nSPS) is 10.8. The minimum Gasteiger partial charge on any atom is -0.493 e. The SMILES string of the molecule is COc1ccc(CCNc2nc(=O)n3c(sc4ccccc43)c2C#N)cc1OC. The van der Waals surface area contributed by atoms with Crippen LogP contribution in [0.25, 0.3) is 15.0 Å². The van der Waals surface area contributed by atoms with E-state index in [4.69, 9.17) is 9.47 Å². The van der Waals surface area contributed by atoms with Gasteiger partial charge in [-0.2, -0.15) is 10.2 Å². The average Bonchev–Trinajstić information content (AvgIpc) is 3.13. The number of ether oxygens (including phenoxy) is 2. The quantitative estimate of drug-likeness (QED) is 0.528. The zero-order valence-electron chi connectivity index (χ0n) is 15.9. The number of rotatable bonds is 6. The van der Waals surface area contributed by atoms with Gasteiger partial charge >= 0.3 is 5.69 Å². The highest BCUT2D eigenvalue weighted by Gasteiger charge is 2.16. The van der Waals surface area contributed by atoms with Crippen LogP contribution in [0, 0.1) is 11.3 Å². The number of para-hydroxylation sites is 1. The molecule has 7 nitrogen and oxygen atoms in total. The molecule has 0 unspecified atom stereocenters. The lowest BCUT2D eigenvalue weighted by Crippen LogP contribution is -2.20. The van der Waals surface area contributed by atoms with Crippen molar-refractivity contribution in [1.29, 1.82) is 5.26 Å². The fourth-order valence-corrected chi connectivity index (χ4v) is 4.36. The van der Waals surface area contributed by atoms with Crippen molar-refractivity contribution in [2.24, 2.45) is 0 Å². The maximum atomic E-state index is 12.6. The first-order valence-electron chi connectivity index (χ1n) is 8.95. The zero-order chi connectivity index (χ0) is 20.4. The van der Waals surface area contributed by atoms with E-state index in [9.17, 15) is 10.1 Å². The molecule has 1 N–H and O–H groups in total. The lowest BCUT2D eigenvalue weighted by Gasteiger charge is -2.11. The van der Waals surface area contributed by atoms with Crippen LogP contribution in [0.2, 0.25) is 0 Å². The minimum atomic E-state index is -0.398. The number of nitriles is 1. The largest absolute Gasteiger partial charge is 0.493 e. The molecule has 2 aromatic heterocycles. The topological polar surface area (TPSA) is 88.6 Å². The predicted molar refractivity (Wildman–Crippen MR) is 113 cm³/mol. The summed E-state index contributed by atoms with van der Waals surface area (Å²) in [5.41, 5.74) is 1.77. The van der Waals surface area contributed by atoms with Crippen molar-refractivity contribution in [3.8, 4) is 17.6 Å². The molecular formula is C21H18N4O3S. The minimum absolute atomic E-state index is 0.310. The summed E-state index contributed by atoms with van der Waals surface area (Å²) in [6.07, 6.45) is 0.665. The van der Waals surface area contributed by atoms with Gasteiger partial charge in [0.1, 0.15) is 16.5 Å². The second-order valence-electron chi connectivity index (χ2n) is 6.31. The maximum absolute atomic E-state index is 12.6. The van der Waals surface area contributed by atoms with Gasteiger partial charge < -0.3 is 14.8 Å². The Balaban J connectivity index is 1.63. The first-order chi connectivity index (χ1) is 14.2. The molecule has 8 heteroatoms. The first kappa shape index (κ1) is 18.8. The summed E-state index contributed by atoms with van der Waals surface area (Å²) in [4.78, 5) is 17.3. The van der Waals surface area contributed by atoms with Crippen LogP contribution in [-0.4, -0.2) is 30.1 Å². The van der Waals surface area contributed by atoms with Crippen LogP contribution in [0.1, 0.15) is 11.1 Å². The van der Waals surface area contributed by atoms with E-state index >= 15 is 0 Å². The molecule has 0 saturated heterocycles. The monoisotopic (exact) mass is 406 g/mol. The predicted octanol–water partition coefficient (Wildman–Crippen LogP) is 3.45. The lowest BCUT2D eigenvalue weighted by molar-refractivity contribution is 0.354. The molecule has 0 atom stereocenters. The van der Waals surface area contributed by atoms with E-state index in [2.05, 4.69) is 16.4 Å². The third-order valence-electron chi connectivity index (χ3n) is 4.63. The highest BCUT2D eigenvalue weighted by atomic mass is 32.1. The summed E-state index contributed by atoms with van der Waals surface area (Å²) in [5, 5.41) is 12.8. The van der Waals surface area contributed by atoms with Crippen molar-refractivity contribution in [3.63, 3.8) is 0 Å². The molecule has 0 radical (unpaired) electrons. The fraction of sp³-hybridized carbons (Fsp3) is 0.190. The Morgan fingerprint density at radius 3 is 2.72 bits per heavy atom. The number of methoxy groups -OCH3 is 2. The number of nitrogens with zero attached hydrogens (tertiary/aromatic N) is 3. The van der Waals surface area contributed by atoms with E-state index in [0.29, 0.717) is 40.7 Å². The van der Waals surface area contributed by atoms with Gasteiger partial charge in [-0.1, -0.05) is 18.2 Å². The summed E-state index contributed by atoms with van der Waals surface area (Å²) >= 11 is 1.41. The summed E-state index contributed by atoms with van der Waals surface area (Å²) in [6, 6.07) is 15.5. The first-order valence-corrected chi connectivity index (χ1v) is 9.77. The molecule has 0 spiro atoms.